The highest BCUT2D eigenvalue weighted by Gasteiger charge is 2.09. The number of unbranched alkanes of at least 4 members (excludes halogenated alkanes) is 11. The predicted octanol–water partition coefficient (Wildman–Crippen LogP) is 8.26. The smallest absolute Gasteiger partial charge is 0.0753 e. The van der Waals surface area contributed by atoms with Gasteiger partial charge in [0.25, 0.3) is 0 Å². The van der Waals surface area contributed by atoms with Gasteiger partial charge in [0.2, 0.25) is 0 Å². The summed E-state index contributed by atoms with van der Waals surface area (Å²) in [7, 11) is 0. The second kappa shape index (κ2) is 15.2. The Morgan fingerprint density at radius 1 is 0.643 bits per heavy atom. The second-order valence-corrected chi connectivity index (χ2v) is 7.61. The van der Waals surface area contributed by atoms with Crippen LogP contribution < -0.4 is 5.06 Å². The molecule has 2 aromatic carbocycles. The molecule has 0 amide bonds. The van der Waals surface area contributed by atoms with Crippen molar-refractivity contribution in [2.24, 2.45) is 0 Å². The van der Waals surface area contributed by atoms with Gasteiger partial charge in [-0.1, -0.05) is 108 Å². The lowest BCUT2D eigenvalue weighted by atomic mass is 10.1. The minimum absolute atomic E-state index is 0.755. The molecule has 0 spiro atoms. The van der Waals surface area contributed by atoms with Gasteiger partial charge in [0.15, 0.2) is 0 Å². The Morgan fingerprint density at radius 3 is 1.71 bits per heavy atom. The largest absolute Gasteiger partial charge is 0.269 e. The molecule has 0 saturated heterocycles. The molecule has 153 valence electrons. The SMILES string of the molecule is CCCCCCCCCCCCCCON(c1cc[c]cc1)c1ccccc1. The van der Waals surface area contributed by atoms with Gasteiger partial charge in [-0.25, -0.2) is 5.06 Å². The molecule has 0 N–H and O–H groups in total. The van der Waals surface area contributed by atoms with Gasteiger partial charge in [-0.15, -0.1) is 0 Å². The van der Waals surface area contributed by atoms with Crippen LogP contribution in [0, 0.1) is 6.07 Å². The third kappa shape index (κ3) is 9.41. The molecule has 0 heterocycles. The van der Waals surface area contributed by atoms with Gasteiger partial charge in [0.05, 0.1) is 18.0 Å². The Bertz CT molecular complexity index is 544. The molecule has 0 atom stereocenters. The Morgan fingerprint density at radius 2 is 1.14 bits per heavy atom. The summed E-state index contributed by atoms with van der Waals surface area (Å²) < 4.78 is 0. The molecule has 0 unspecified atom stereocenters. The van der Waals surface area contributed by atoms with Crippen molar-refractivity contribution in [2.75, 3.05) is 11.7 Å². The minimum atomic E-state index is 0.755. The van der Waals surface area contributed by atoms with Crippen molar-refractivity contribution in [3.8, 4) is 0 Å². The third-order valence-electron chi connectivity index (χ3n) is 5.14. The van der Waals surface area contributed by atoms with E-state index in [0.29, 0.717) is 0 Å². The average Bonchev–Trinajstić information content (AvgIpc) is 2.75. The monoisotopic (exact) mass is 380 g/mol. The van der Waals surface area contributed by atoms with Crippen LogP contribution >= 0.6 is 0 Å². The summed E-state index contributed by atoms with van der Waals surface area (Å²) in [6.07, 6.45) is 16.3. The number of rotatable bonds is 16. The second-order valence-electron chi connectivity index (χ2n) is 7.61. The Kier molecular flexibility index (Phi) is 12.2. The van der Waals surface area contributed by atoms with E-state index >= 15 is 0 Å². The molecule has 0 aliphatic carbocycles. The van der Waals surface area contributed by atoms with Crippen LogP contribution in [0.1, 0.15) is 84.0 Å². The van der Waals surface area contributed by atoms with Gasteiger partial charge in [0, 0.05) is 0 Å². The molecule has 2 nitrogen and oxygen atoms in total. The van der Waals surface area contributed by atoms with Gasteiger partial charge in [-0.2, -0.15) is 0 Å². The fraction of sp³-hybridized carbons (Fsp3) is 0.538. The Labute approximate surface area is 172 Å². The molecule has 0 aromatic heterocycles. The Balaban J connectivity index is 1.56. The lowest BCUT2D eigenvalue weighted by Crippen LogP contribution is -2.18. The normalized spacial score (nSPS) is 10.9. The van der Waals surface area contributed by atoms with E-state index in [1.807, 2.05) is 47.5 Å². The van der Waals surface area contributed by atoms with Crippen molar-refractivity contribution in [3.63, 3.8) is 0 Å². The Hall–Kier alpha value is -1.80. The summed E-state index contributed by atoms with van der Waals surface area (Å²) in [5, 5.41) is 1.94. The first-order valence-electron chi connectivity index (χ1n) is 11.4. The number of nitrogens with zero attached hydrogens (tertiary/aromatic N) is 1. The minimum Gasteiger partial charge on any atom is -0.269 e. The first kappa shape index (κ1) is 22.5. The summed E-state index contributed by atoms with van der Waals surface area (Å²) in [5.74, 6) is 0. The van der Waals surface area contributed by atoms with Gasteiger partial charge in [-0.05, 0) is 36.8 Å². The maximum atomic E-state index is 6.13. The maximum absolute atomic E-state index is 6.13. The first-order valence-corrected chi connectivity index (χ1v) is 11.4. The van der Waals surface area contributed by atoms with Gasteiger partial charge >= 0.3 is 0 Å². The van der Waals surface area contributed by atoms with Crippen molar-refractivity contribution >= 4 is 11.4 Å². The molecule has 0 bridgehead atoms. The molecular weight excluding hydrogens is 342 g/mol. The molecule has 2 rings (SSSR count). The van der Waals surface area contributed by atoms with Gasteiger partial charge in [-0.3, -0.25) is 4.84 Å². The van der Waals surface area contributed by atoms with Crippen molar-refractivity contribution in [1.82, 2.24) is 0 Å². The van der Waals surface area contributed by atoms with E-state index in [-0.39, 0.29) is 0 Å². The van der Waals surface area contributed by atoms with Crippen LogP contribution in [0.3, 0.4) is 0 Å². The van der Waals surface area contributed by atoms with E-state index in [2.05, 4.69) is 25.1 Å². The molecule has 2 heteroatoms. The lowest BCUT2D eigenvalue weighted by Gasteiger charge is -2.24. The summed E-state index contributed by atoms with van der Waals surface area (Å²) in [5.41, 5.74) is 2.11. The molecule has 0 aliphatic rings. The highest BCUT2D eigenvalue weighted by molar-refractivity contribution is 5.59. The van der Waals surface area contributed by atoms with Crippen LogP contribution in [0.4, 0.5) is 11.4 Å². The first-order chi connectivity index (χ1) is 13.9. The molecule has 28 heavy (non-hydrogen) atoms. The average molecular weight is 381 g/mol. The van der Waals surface area contributed by atoms with Gasteiger partial charge in [0.1, 0.15) is 0 Å². The summed E-state index contributed by atoms with van der Waals surface area (Å²) in [6.45, 7) is 3.04. The van der Waals surface area contributed by atoms with Crippen LogP contribution in [0.2, 0.25) is 0 Å². The number of hydrogen-bond donors (Lipinski definition) is 0. The van der Waals surface area contributed by atoms with E-state index < -0.39 is 0 Å². The zero-order valence-corrected chi connectivity index (χ0v) is 17.7. The fourth-order valence-corrected chi connectivity index (χ4v) is 3.47. The summed E-state index contributed by atoms with van der Waals surface area (Å²) in [6, 6.07) is 21.3. The molecular formula is C26H38NO. The lowest BCUT2D eigenvalue weighted by molar-refractivity contribution is 0.131. The zero-order valence-electron chi connectivity index (χ0n) is 17.7. The van der Waals surface area contributed by atoms with Crippen LogP contribution in [0.25, 0.3) is 0 Å². The van der Waals surface area contributed by atoms with E-state index in [1.165, 1.54) is 70.6 Å². The number of benzene rings is 2. The topological polar surface area (TPSA) is 12.5 Å². The van der Waals surface area contributed by atoms with Crippen molar-refractivity contribution < 1.29 is 4.84 Å². The maximum Gasteiger partial charge on any atom is 0.0753 e. The van der Waals surface area contributed by atoms with Crippen molar-refractivity contribution in [2.45, 2.75) is 84.0 Å². The van der Waals surface area contributed by atoms with Crippen LogP contribution in [0.15, 0.2) is 54.6 Å². The fourth-order valence-electron chi connectivity index (χ4n) is 3.47. The van der Waals surface area contributed by atoms with E-state index in [4.69, 9.17) is 4.84 Å². The van der Waals surface area contributed by atoms with Crippen molar-refractivity contribution in [3.05, 3.63) is 60.7 Å². The van der Waals surface area contributed by atoms with E-state index in [9.17, 15) is 0 Å². The van der Waals surface area contributed by atoms with Crippen LogP contribution in [-0.2, 0) is 4.84 Å². The predicted molar refractivity (Wildman–Crippen MR) is 121 cm³/mol. The third-order valence-corrected chi connectivity index (χ3v) is 5.14. The zero-order chi connectivity index (χ0) is 19.7. The van der Waals surface area contributed by atoms with Gasteiger partial charge < -0.3 is 0 Å². The summed E-state index contributed by atoms with van der Waals surface area (Å²) >= 11 is 0. The van der Waals surface area contributed by atoms with E-state index in [0.717, 1.165) is 24.4 Å². The standard InChI is InChI=1S/C26H38NO/c1-2-3-4-5-6-7-8-9-10-11-12-19-24-28-27(25-20-15-13-16-21-25)26-22-17-14-18-23-26/h13,15-18,20-23H,2-12,19,24H2,1H3. The van der Waals surface area contributed by atoms with Crippen LogP contribution in [-0.4, -0.2) is 6.61 Å². The molecule has 0 aliphatic heterocycles. The molecule has 1 radical (unpaired) electrons. The van der Waals surface area contributed by atoms with Crippen LogP contribution in [0.5, 0.6) is 0 Å². The molecule has 2 aromatic rings. The number of para-hydroxylation sites is 1. The highest BCUT2D eigenvalue weighted by Crippen LogP contribution is 2.25. The molecule has 0 saturated carbocycles. The number of hydrogen-bond acceptors (Lipinski definition) is 2. The van der Waals surface area contributed by atoms with E-state index in [1.54, 1.807) is 0 Å². The summed E-state index contributed by atoms with van der Waals surface area (Å²) in [4.78, 5) is 6.13. The highest BCUT2D eigenvalue weighted by atomic mass is 16.7. The molecule has 0 fully saturated rings. The number of anilines is 2. The quantitative estimate of drug-likeness (QED) is 0.215. The van der Waals surface area contributed by atoms with Crippen molar-refractivity contribution in [1.29, 1.82) is 0 Å².